The second kappa shape index (κ2) is 8.61. The van der Waals surface area contributed by atoms with Gasteiger partial charge in [0.05, 0.1) is 30.5 Å². The molecule has 1 atom stereocenters. The molecule has 2 N–H and O–H groups in total. The lowest BCUT2D eigenvalue weighted by Crippen LogP contribution is -2.20. The Kier molecular flexibility index (Phi) is 5.37. The molecule has 31 heavy (non-hydrogen) atoms. The molecule has 1 saturated heterocycles. The summed E-state index contributed by atoms with van der Waals surface area (Å²) < 4.78 is 12.8. The molecule has 1 aliphatic heterocycles. The van der Waals surface area contributed by atoms with E-state index in [-0.39, 0.29) is 6.10 Å². The fourth-order valence-corrected chi connectivity index (χ4v) is 3.66. The SMILES string of the molecule is COc1ccc(Nc2nc(NC[C@@H]3CCCO3)nc3c2cnn3-c2ccccc2)cc1. The first-order chi connectivity index (χ1) is 15.3. The maximum absolute atomic E-state index is 5.72. The van der Waals surface area contributed by atoms with Gasteiger partial charge < -0.3 is 20.1 Å². The number of anilines is 3. The van der Waals surface area contributed by atoms with E-state index in [2.05, 4.69) is 15.7 Å². The number of nitrogens with one attached hydrogen (secondary N) is 2. The van der Waals surface area contributed by atoms with E-state index in [1.54, 1.807) is 13.3 Å². The van der Waals surface area contributed by atoms with Crippen LogP contribution in [0.3, 0.4) is 0 Å². The topological polar surface area (TPSA) is 86.1 Å². The van der Waals surface area contributed by atoms with Crippen molar-refractivity contribution < 1.29 is 9.47 Å². The van der Waals surface area contributed by atoms with Crippen molar-refractivity contribution in [2.24, 2.45) is 0 Å². The number of methoxy groups -OCH3 is 1. The van der Waals surface area contributed by atoms with E-state index < -0.39 is 0 Å². The second-order valence-electron chi connectivity index (χ2n) is 7.39. The Morgan fingerprint density at radius 3 is 2.68 bits per heavy atom. The summed E-state index contributed by atoms with van der Waals surface area (Å²) in [6, 6.07) is 17.7. The minimum Gasteiger partial charge on any atom is -0.497 e. The summed E-state index contributed by atoms with van der Waals surface area (Å²) in [6.45, 7) is 1.49. The first kappa shape index (κ1) is 19.3. The highest BCUT2D eigenvalue weighted by molar-refractivity contribution is 5.90. The summed E-state index contributed by atoms with van der Waals surface area (Å²) in [6.07, 6.45) is 4.13. The minimum atomic E-state index is 0.191. The van der Waals surface area contributed by atoms with Gasteiger partial charge in [-0.05, 0) is 49.2 Å². The number of para-hydroxylation sites is 1. The lowest BCUT2D eigenvalue weighted by molar-refractivity contribution is 0.120. The highest BCUT2D eigenvalue weighted by Gasteiger charge is 2.18. The predicted molar refractivity (Wildman–Crippen MR) is 120 cm³/mol. The highest BCUT2D eigenvalue weighted by atomic mass is 16.5. The molecule has 1 aliphatic rings. The fourth-order valence-electron chi connectivity index (χ4n) is 3.66. The third kappa shape index (κ3) is 4.15. The molecule has 4 aromatic rings. The third-order valence-corrected chi connectivity index (χ3v) is 5.29. The van der Waals surface area contributed by atoms with Crippen molar-refractivity contribution in [3.8, 4) is 11.4 Å². The van der Waals surface area contributed by atoms with Crippen molar-refractivity contribution in [1.82, 2.24) is 19.7 Å². The zero-order valence-electron chi connectivity index (χ0n) is 17.3. The van der Waals surface area contributed by atoms with Crippen LogP contribution in [0.1, 0.15) is 12.8 Å². The highest BCUT2D eigenvalue weighted by Crippen LogP contribution is 2.28. The molecule has 0 radical (unpaired) electrons. The molecule has 2 aromatic carbocycles. The average molecular weight is 416 g/mol. The van der Waals surface area contributed by atoms with E-state index in [1.807, 2.05) is 59.3 Å². The number of fused-ring (bicyclic) bond motifs is 1. The van der Waals surface area contributed by atoms with Gasteiger partial charge in [-0.25, -0.2) is 4.68 Å². The molecule has 0 spiro atoms. The van der Waals surface area contributed by atoms with Crippen LogP contribution < -0.4 is 15.4 Å². The van der Waals surface area contributed by atoms with Gasteiger partial charge in [-0.15, -0.1) is 0 Å². The van der Waals surface area contributed by atoms with Crippen LogP contribution in [0.25, 0.3) is 16.7 Å². The number of hydrogen-bond donors (Lipinski definition) is 2. The number of benzene rings is 2. The Morgan fingerprint density at radius 1 is 1.10 bits per heavy atom. The molecule has 3 heterocycles. The minimum absolute atomic E-state index is 0.191. The van der Waals surface area contributed by atoms with Crippen molar-refractivity contribution in [3.05, 3.63) is 60.8 Å². The normalized spacial score (nSPS) is 15.8. The number of nitrogens with zero attached hydrogens (tertiary/aromatic N) is 4. The van der Waals surface area contributed by atoms with Crippen LogP contribution >= 0.6 is 0 Å². The molecule has 0 aliphatic carbocycles. The molecule has 2 aromatic heterocycles. The van der Waals surface area contributed by atoms with E-state index in [0.717, 1.165) is 47.6 Å². The van der Waals surface area contributed by atoms with Crippen LogP contribution in [-0.2, 0) is 4.74 Å². The number of hydrogen-bond acceptors (Lipinski definition) is 7. The van der Waals surface area contributed by atoms with E-state index in [0.29, 0.717) is 18.3 Å². The van der Waals surface area contributed by atoms with Gasteiger partial charge in [0.2, 0.25) is 5.95 Å². The third-order valence-electron chi connectivity index (χ3n) is 5.29. The average Bonchev–Trinajstić information content (AvgIpc) is 3.49. The standard InChI is InChI=1S/C23H24N6O2/c1-30-18-11-9-16(10-12-18)26-21-20-15-25-29(17-6-3-2-4-7-17)22(20)28-23(27-21)24-14-19-8-5-13-31-19/h2-4,6-7,9-12,15,19H,5,8,13-14H2,1H3,(H2,24,26,27,28)/t19-/m0/s1. The largest absolute Gasteiger partial charge is 0.497 e. The quantitative estimate of drug-likeness (QED) is 0.468. The van der Waals surface area contributed by atoms with Crippen LogP contribution in [0.4, 0.5) is 17.5 Å². The summed E-state index contributed by atoms with van der Waals surface area (Å²) >= 11 is 0. The van der Waals surface area contributed by atoms with Gasteiger partial charge in [-0.1, -0.05) is 18.2 Å². The summed E-state index contributed by atoms with van der Waals surface area (Å²) in [5.74, 6) is 2.03. The lowest BCUT2D eigenvalue weighted by Gasteiger charge is -2.13. The van der Waals surface area contributed by atoms with Crippen LogP contribution in [0.5, 0.6) is 5.75 Å². The van der Waals surface area contributed by atoms with Gasteiger partial charge >= 0.3 is 0 Å². The first-order valence-corrected chi connectivity index (χ1v) is 10.4. The molecule has 158 valence electrons. The second-order valence-corrected chi connectivity index (χ2v) is 7.39. The molecule has 0 saturated carbocycles. The molecule has 0 amide bonds. The van der Waals surface area contributed by atoms with Crippen molar-refractivity contribution in [1.29, 1.82) is 0 Å². The summed E-state index contributed by atoms with van der Waals surface area (Å²) in [5.41, 5.74) is 2.57. The molecule has 8 nitrogen and oxygen atoms in total. The van der Waals surface area contributed by atoms with Crippen LogP contribution in [-0.4, -0.2) is 46.1 Å². The zero-order valence-corrected chi connectivity index (χ0v) is 17.3. The van der Waals surface area contributed by atoms with Crippen LogP contribution in [0.2, 0.25) is 0 Å². The maximum atomic E-state index is 5.72. The lowest BCUT2D eigenvalue weighted by atomic mass is 10.2. The van der Waals surface area contributed by atoms with Crippen LogP contribution in [0, 0.1) is 0 Å². The van der Waals surface area contributed by atoms with E-state index in [4.69, 9.17) is 19.4 Å². The zero-order chi connectivity index (χ0) is 21.0. The Labute approximate surface area is 180 Å². The van der Waals surface area contributed by atoms with Crippen molar-refractivity contribution >= 4 is 28.5 Å². The van der Waals surface area contributed by atoms with Crippen molar-refractivity contribution in [3.63, 3.8) is 0 Å². The molecular weight excluding hydrogens is 392 g/mol. The van der Waals surface area contributed by atoms with Gasteiger partial charge in [0.1, 0.15) is 11.6 Å². The fraction of sp³-hybridized carbons (Fsp3) is 0.261. The first-order valence-electron chi connectivity index (χ1n) is 10.4. The summed E-state index contributed by atoms with van der Waals surface area (Å²) in [7, 11) is 1.65. The number of aromatic nitrogens is 4. The molecular formula is C23H24N6O2. The molecule has 0 unspecified atom stereocenters. The molecule has 0 bridgehead atoms. The van der Waals surface area contributed by atoms with E-state index in [9.17, 15) is 0 Å². The van der Waals surface area contributed by atoms with E-state index >= 15 is 0 Å². The molecule has 1 fully saturated rings. The van der Waals surface area contributed by atoms with Gasteiger partial charge in [0, 0.05) is 18.8 Å². The Balaban J connectivity index is 1.52. The Morgan fingerprint density at radius 2 is 1.94 bits per heavy atom. The van der Waals surface area contributed by atoms with Gasteiger partial charge in [-0.2, -0.15) is 15.1 Å². The molecule has 5 rings (SSSR count). The predicted octanol–water partition coefficient (Wildman–Crippen LogP) is 4.16. The van der Waals surface area contributed by atoms with Gasteiger partial charge in [0.15, 0.2) is 5.65 Å². The Hall–Kier alpha value is -3.65. The summed E-state index contributed by atoms with van der Waals surface area (Å²) in [5, 5.41) is 12.2. The van der Waals surface area contributed by atoms with Crippen molar-refractivity contribution in [2.75, 3.05) is 30.9 Å². The Bertz CT molecular complexity index is 1150. The number of rotatable bonds is 7. The van der Waals surface area contributed by atoms with Gasteiger partial charge in [-0.3, -0.25) is 0 Å². The smallest absolute Gasteiger partial charge is 0.226 e. The number of ether oxygens (including phenoxy) is 2. The monoisotopic (exact) mass is 416 g/mol. The van der Waals surface area contributed by atoms with Crippen molar-refractivity contribution in [2.45, 2.75) is 18.9 Å². The molecule has 8 heteroatoms. The maximum Gasteiger partial charge on any atom is 0.226 e. The van der Waals surface area contributed by atoms with Crippen LogP contribution in [0.15, 0.2) is 60.8 Å². The summed E-state index contributed by atoms with van der Waals surface area (Å²) in [4.78, 5) is 9.50. The van der Waals surface area contributed by atoms with E-state index in [1.165, 1.54) is 0 Å². The van der Waals surface area contributed by atoms with Gasteiger partial charge in [0.25, 0.3) is 0 Å².